The van der Waals surface area contributed by atoms with Gasteiger partial charge in [0.2, 0.25) is 0 Å². The summed E-state index contributed by atoms with van der Waals surface area (Å²) in [7, 11) is 0.674. The maximum absolute atomic E-state index is 9.98. The second kappa shape index (κ2) is 4.67. The van der Waals surface area contributed by atoms with Crippen LogP contribution in [0.1, 0.15) is 46.5 Å². The molecule has 2 fully saturated rings. The highest BCUT2D eigenvalue weighted by atomic mass is 32.2. The molecule has 2 aliphatic rings. The topological polar surface area (TPSA) is 20.2 Å². The number of rotatable bonds is 1. The van der Waals surface area contributed by atoms with Crippen LogP contribution in [0.2, 0.25) is 0 Å². The Morgan fingerprint density at radius 3 is 2.13 bits per heavy atom. The minimum Gasteiger partial charge on any atom is -0.393 e. The van der Waals surface area contributed by atoms with Gasteiger partial charge in [-0.25, -0.2) is 0 Å². The molecule has 1 saturated heterocycles. The average Bonchev–Trinajstić information content (AvgIpc) is 2.60. The van der Waals surface area contributed by atoms with E-state index in [4.69, 9.17) is 0 Å². The molecule has 1 saturated carbocycles. The Morgan fingerprint density at radius 2 is 1.67 bits per heavy atom. The summed E-state index contributed by atoms with van der Waals surface area (Å²) >= 11 is 0. The highest BCUT2D eigenvalue weighted by molar-refractivity contribution is 7.98. The lowest BCUT2D eigenvalue weighted by atomic mass is 9.80. The Labute approximate surface area is 97.0 Å². The highest BCUT2D eigenvalue weighted by Gasteiger charge is 2.45. The third kappa shape index (κ3) is 2.36. The van der Waals surface area contributed by atoms with Crippen molar-refractivity contribution in [2.24, 2.45) is 11.8 Å². The van der Waals surface area contributed by atoms with Gasteiger partial charge in [-0.05, 0) is 55.3 Å². The van der Waals surface area contributed by atoms with Gasteiger partial charge in [-0.15, -0.1) is 0 Å². The standard InChI is InChI=1S/C13H25OS/c1-9-7-12(8-10(2)13(9)14)15-6-4-5-11(15)3/h9-14H,4-8H2,1-3H3/q+1. The van der Waals surface area contributed by atoms with E-state index >= 15 is 0 Å². The van der Waals surface area contributed by atoms with Crippen LogP contribution in [-0.2, 0) is 10.9 Å². The van der Waals surface area contributed by atoms with E-state index in [1.165, 1.54) is 31.4 Å². The Morgan fingerprint density at radius 1 is 1.07 bits per heavy atom. The van der Waals surface area contributed by atoms with Gasteiger partial charge in [-0.3, -0.25) is 0 Å². The van der Waals surface area contributed by atoms with Gasteiger partial charge in [0.05, 0.1) is 6.10 Å². The SMILES string of the molecule is CC1CC([S+]2CCCC2C)CC(C)C1O. The second-order valence-electron chi connectivity index (χ2n) is 5.66. The molecule has 88 valence electrons. The van der Waals surface area contributed by atoms with E-state index in [1.807, 2.05) is 0 Å². The molecule has 15 heavy (non-hydrogen) atoms. The predicted octanol–water partition coefficient (Wildman–Crippen LogP) is 2.58. The second-order valence-corrected chi connectivity index (χ2v) is 8.48. The van der Waals surface area contributed by atoms with E-state index in [2.05, 4.69) is 20.8 Å². The molecule has 4 unspecified atom stereocenters. The minimum absolute atomic E-state index is 0.0391. The van der Waals surface area contributed by atoms with Crippen LogP contribution in [0.15, 0.2) is 0 Å². The van der Waals surface area contributed by atoms with Crippen molar-refractivity contribution in [3.8, 4) is 0 Å². The molecule has 0 radical (unpaired) electrons. The maximum atomic E-state index is 9.98. The van der Waals surface area contributed by atoms with Crippen LogP contribution in [0.3, 0.4) is 0 Å². The first-order valence-corrected chi connectivity index (χ1v) is 7.98. The number of aliphatic hydroxyl groups is 1. The molecule has 1 aliphatic carbocycles. The van der Waals surface area contributed by atoms with Gasteiger partial charge in [-0.2, -0.15) is 0 Å². The fourth-order valence-electron chi connectivity index (χ4n) is 3.40. The van der Waals surface area contributed by atoms with Crippen molar-refractivity contribution in [1.82, 2.24) is 0 Å². The van der Waals surface area contributed by atoms with E-state index in [0.29, 0.717) is 22.7 Å². The predicted molar refractivity (Wildman–Crippen MR) is 68.3 cm³/mol. The van der Waals surface area contributed by atoms with Gasteiger partial charge in [0.25, 0.3) is 0 Å². The lowest BCUT2D eigenvalue weighted by Gasteiger charge is -2.35. The van der Waals surface area contributed by atoms with Crippen LogP contribution in [0.25, 0.3) is 0 Å². The van der Waals surface area contributed by atoms with Gasteiger partial charge < -0.3 is 5.11 Å². The van der Waals surface area contributed by atoms with Crippen LogP contribution in [-0.4, -0.2) is 27.5 Å². The van der Waals surface area contributed by atoms with E-state index in [0.717, 1.165) is 10.5 Å². The maximum Gasteiger partial charge on any atom is 0.119 e. The van der Waals surface area contributed by atoms with Gasteiger partial charge in [0.15, 0.2) is 0 Å². The lowest BCUT2D eigenvalue weighted by Crippen LogP contribution is -2.42. The molecule has 2 rings (SSSR count). The molecule has 2 heteroatoms. The molecule has 1 nitrogen and oxygen atoms in total. The summed E-state index contributed by atoms with van der Waals surface area (Å²) in [5.41, 5.74) is 0. The van der Waals surface area contributed by atoms with E-state index in [9.17, 15) is 5.11 Å². The lowest BCUT2D eigenvalue weighted by molar-refractivity contribution is 0.0354. The molecular formula is C13H25OS+. The molecular weight excluding hydrogens is 204 g/mol. The van der Waals surface area contributed by atoms with Crippen molar-refractivity contribution >= 4 is 10.9 Å². The summed E-state index contributed by atoms with van der Waals surface area (Å²) in [5.74, 6) is 2.53. The van der Waals surface area contributed by atoms with Crippen LogP contribution in [0.4, 0.5) is 0 Å². The fraction of sp³-hybridized carbons (Fsp3) is 1.00. The molecule has 0 bridgehead atoms. The van der Waals surface area contributed by atoms with Gasteiger partial charge in [0.1, 0.15) is 16.3 Å². The van der Waals surface area contributed by atoms with Gasteiger partial charge >= 0.3 is 0 Å². The zero-order valence-corrected chi connectivity index (χ0v) is 11.1. The third-order valence-corrected chi connectivity index (χ3v) is 7.64. The molecule has 4 atom stereocenters. The largest absolute Gasteiger partial charge is 0.393 e. The molecule has 0 aromatic rings. The fourth-order valence-corrected chi connectivity index (χ4v) is 6.86. The molecule has 0 amide bonds. The van der Waals surface area contributed by atoms with Gasteiger partial charge in [-0.1, -0.05) is 13.8 Å². The monoisotopic (exact) mass is 229 g/mol. The molecule has 0 aromatic carbocycles. The van der Waals surface area contributed by atoms with Crippen molar-refractivity contribution < 1.29 is 5.11 Å². The zero-order valence-electron chi connectivity index (χ0n) is 10.3. The minimum atomic E-state index is -0.0391. The summed E-state index contributed by atoms with van der Waals surface area (Å²) in [6.07, 6.45) is 5.41. The van der Waals surface area contributed by atoms with E-state index in [1.54, 1.807) is 0 Å². The van der Waals surface area contributed by atoms with E-state index < -0.39 is 0 Å². The van der Waals surface area contributed by atoms with Crippen LogP contribution in [0, 0.1) is 11.8 Å². The Balaban J connectivity index is 1.99. The highest BCUT2D eigenvalue weighted by Crippen LogP contribution is 2.38. The van der Waals surface area contributed by atoms with Crippen molar-refractivity contribution in [3.05, 3.63) is 0 Å². The number of hydrogen-bond donors (Lipinski definition) is 1. The quantitative estimate of drug-likeness (QED) is 0.685. The summed E-state index contributed by atoms with van der Waals surface area (Å²) in [5, 5.41) is 11.9. The van der Waals surface area contributed by atoms with Crippen molar-refractivity contribution in [2.75, 3.05) is 5.75 Å². The van der Waals surface area contributed by atoms with Gasteiger partial charge in [0, 0.05) is 0 Å². The third-order valence-electron chi connectivity index (χ3n) is 4.37. The molecule has 1 N–H and O–H groups in total. The first-order chi connectivity index (χ1) is 7.09. The van der Waals surface area contributed by atoms with E-state index in [-0.39, 0.29) is 6.10 Å². The molecule has 1 heterocycles. The normalized spacial score (nSPS) is 52.0. The first kappa shape index (κ1) is 11.8. The average molecular weight is 229 g/mol. The van der Waals surface area contributed by atoms with Crippen LogP contribution < -0.4 is 0 Å². The summed E-state index contributed by atoms with van der Waals surface area (Å²) in [6.45, 7) is 6.91. The van der Waals surface area contributed by atoms with Crippen LogP contribution in [0.5, 0.6) is 0 Å². The first-order valence-electron chi connectivity index (χ1n) is 6.46. The molecule has 1 aliphatic heterocycles. The molecule has 0 spiro atoms. The summed E-state index contributed by atoms with van der Waals surface area (Å²) < 4.78 is 0. The summed E-state index contributed by atoms with van der Waals surface area (Å²) in [6, 6.07) is 0. The Hall–Kier alpha value is 0.310. The summed E-state index contributed by atoms with van der Waals surface area (Å²) in [4.78, 5) is 0. The smallest absolute Gasteiger partial charge is 0.119 e. The van der Waals surface area contributed by atoms with Crippen LogP contribution >= 0.6 is 0 Å². The Bertz CT molecular complexity index is 207. The van der Waals surface area contributed by atoms with Crippen molar-refractivity contribution in [1.29, 1.82) is 0 Å². The Kier molecular flexibility index (Phi) is 3.67. The molecule has 0 aromatic heterocycles. The number of hydrogen-bond acceptors (Lipinski definition) is 1. The van der Waals surface area contributed by atoms with Crippen molar-refractivity contribution in [3.63, 3.8) is 0 Å². The number of aliphatic hydroxyl groups excluding tert-OH is 1. The van der Waals surface area contributed by atoms with Crippen molar-refractivity contribution in [2.45, 2.75) is 63.1 Å². The zero-order chi connectivity index (χ0) is 11.0.